The Kier molecular flexibility index (Phi) is 3.48. The molecular weight excluding hydrogens is 320 g/mol. The number of fused-ring (bicyclic) bond motifs is 1. The summed E-state index contributed by atoms with van der Waals surface area (Å²) in [5, 5.41) is 17.8. The molecule has 2 aliphatic heterocycles. The van der Waals surface area contributed by atoms with E-state index in [9.17, 15) is 14.7 Å². The summed E-state index contributed by atoms with van der Waals surface area (Å²) in [7, 11) is 0. The number of hydrogen-bond donors (Lipinski definition) is 2. The first-order chi connectivity index (χ1) is 9.49. The van der Waals surface area contributed by atoms with Crippen LogP contribution in [0.2, 0.25) is 0 Å². The van der Waals surface area contributed by atoms with Gasteiger partial charge in [0.2, 0.25) is 5.91 Å². The molecule has 1 amide bonds. The van der Waals surface area contributed by atoms with Gasteiger partial charge in [0.1, 0.15) is 22.1 Å². The van der Waals surface area contributed by atoms with Gasteiger partial charge in [0.05, 0.1) is 0 Å². The zero-order valence-electron chi connectivity index (χ0n) is 10.3. The van der Waals surface area contributed by atoms with Crippen molar-refractivity contribution in [2.45, 2.75) is 22.7 Å². The number of carboxylic acid groups (broad SMARTS) is 1. The number of carbonyl (C=O) groups excluding carboxylic acids is 1. The quantitative estimate of drug-likeness (QED) is 0.770. The zero-order valence-corrected chi connectivity index (χ0v) is 12.7. The van der Waals surface area contributed by atoms with E-state index >= 15 is 0 Å². The highest BCUT2D eigenvalue weighted by atomic mass is 32.2. The van der Waals surface area contributed by atoms with Crippen LogP contribution in [0.3, 0.4) is 0 Å². The van der Waals surface area contributed by atoms with Gasteiger partial charge in [-0.1, -0.05) is 23.1 Å². The standard InChI is InChI=1S/C10H10N4O3S3/c1-3-12-13-10(19-3)20-4-2-18-8-5(11)7(15)14(8)6(4)9(16)17/h5,8H,2,11H2,1H3,(H,16,17). The number of aryl methyl sites for hydroxylation is 1. The molecule has 3 heterocycles. The van der Waals surface area contributed by atoms with Crippen LogP contribution >= 0.6 is 34.9 Å². The molecule has 0 bridgehead atoms. The lowest BCUT2D eigenvalue weighted by molar-refractivity contribution is -0.147. The number of aromatic nitrogens is 2. The van der Waals surface area contributed by atoms with Gasteiger partial charge in [0.25, 0.3) is 0 Å². The molecule has 0 aliphatic carbocycles. The molecule has 106 valence electrons. The van der Waals surface area contributed by atoms with Crippen molar-refractivity contribution in [3.8, 4) is 0 Å². The van der Waals surface area contributed by atoms with Crippen LogP contribution in [0, 0.1) is 6.92 Å². The number of aliphatic carboxylic acids is 1. The fourth-order valence-electron chi connectivity index (χ4n) is 1.99. The molecule has 2 unspecified atom stereocenters. The molecule has 7 nitrogen and oxygen atoms in total. The molecule has 2 atom stereocenters. The van der Waals surface area contributed by atoms with Gasteiger partial charge in [-0.2, -0.15) is 0 Å². The van der Waals surface area contributed by atoms with Gasteiger partial charge in [-0.3, -0.25) is 9.69 Å². The second-order valence-corrected chi connectivity index (χ2v) is 7.83. The molecule has 20 heavy (non-hydrogen) atoms. The van der Waals surface area contributed by atoms with Gasteiger partial charge in [0, 0.05) is 10.7 Å². The molecular formula is C10H10N4O3S3. The summed E-state index contributed by atoms with van der Waals surface area (Å²) in [4.78, 5) is 25.1. The molecule has 1 saturated heterocycles. The molecule has 3 N–H and O–H groups in total. The molecule has 0 saturated carbocycles. The number of thioether (sulfide) groups is 2. The third-order valence-electron chi connectivity index (χ3n) is 2.90. The number of carboxylic acids is 1. The summed E-state index contributed by atoms with van der Waals surface area (Å²) in [6.45, 7) is 1.83. The van der Waals surface area contributed by atoms with Gasteiger partial charge in [-0.15, -0.1) is 22.0 Å². The Bertz CT molecular complexity index is 629. The largest absolute Gasteiger partial charge is 0.477 e. The predicted molar refractivity (Wildman–Crippen MR) is 76.2 cm³/mol. The first-order valence-electron chi connectivity index (χ1n) is 5.63. The highest BCUT2D eigenvalue weighted by molar-refractivity contribution is 8.07. The van der Waals surface area contributed by atoms with Crippen LogP contribution in [0.25, 0.3) is 0 Å². The van der Waals surface area contributed by atoms with E-state index in [1.54, 1.807) is 0 Å². The molecule has 0 aromatic carbocycles. The maximum atomic E-state index is 11.8. The lowest BCUT2D eigenvalue weighted by Gasteiger charge is -2.47. The van der Waals surface area contributed by atoms with E-state index in [0.29, 0.717) is 15.0 Å². The number of β-lactam (4-membered cyclic amide) rings is 1. The third kappa shape index (κ3) is 2.12. The molecule has 0 radical (unpaired) electrons. The van der Waals surface area contributed by atoms with Crippen LogP contribution < -0.4 is 5.73 Å². The molecule has 1 aromatic heterocycles. The van der Waals surface area contributed by atoms with E-state index in [1.807, 2.05) is 6.92 Å². The van der Waals surface area contributed by atoms with Crippen molar-refractivity contribution >= 4 is 46.7 Å². The van der Waals surface area contributed by atoms with Gasteiger partial charge >= 0.3 is 5.97 Å². The van der Waals surface area contributed by atoms with E-state index < -0.39 is 12.0 Å². The fraction of sp³-hybridized carbons (Fsp3) is 0.400. The van der Waals surface area contributed by atoms with Crippen LogP contribution in [0.15, 0.2) is 14.9 Å². The Hall–Kier alpha value is -1.10. The van der Waals surface area contributed by atoms with Crippen molar-refractivity contribution < 1.29 is 14.7 Å². The van der Waals surface area contributed by atoms with Crippen molar-refractivity contribution in [3.05, 3.63) is 15.6 Å². The van der Waals surface area contributed by atoms with E-state index in [2.05, 4.69) is 10.2 Å². The Morgan fingerprint density at radius 3 is 2.90 bits per heavy atom. The molecule has 2 aliphatic rings. The topological polar surface area (TPSA) is 109 Å². The summed E-state index contributed by atoms with van der Waals surface area (Å²) < 4.78 is 0.674. The predicted octanol–water partition coefficient (Wildman–Crippen LogP) is 0.477. The molecule has 3 rings (SSSR count). The van der Waals surface area contributed by atoms with Crippen LogP contribution in [0.5, 0.6) is 0 Å². The summed E-state index contributed by atoms with van der Waals surface area (Å²) >= 11 is 4.12. The van der Waals surface area contributed by atoms with Gasteiger partial charge in [-0.25, -0.2) is 4.79 Å². The zero-order chi connectivity index (χ0) is 14.4. The minimum atomic E-state index is -1.11. The van der Waals surface area contributed by atoms with Gasteiger partial charge < -0.3 is 10.8 Å². The highest BCUT2D eigenvalue weighted by Crippen LogP contribution is 2.44. The third-order valence-corrected chi connectivity index (χ3v) is 6.35. The van der Waals surface area contributed by atoms with Crippen LogP contribution in [-0.4, -0.2) is 49.2 Å². The summed E-state index contributed by atoms with van der Waals surface area (Å²) in [5.41, 5.74) is 5.71. The van der Waals surface area contributed by atoms with Gasteiger partial charge in [0.15, 0.2) is 4.34 Å². The smallest absolute Gasteiger partial charge is 0.353 e. The number of hydrogen-bond acceptors (Lipinski definition) is 8. The molecule has 10 heteroatoms. The monoisotopic (exact) mass is 330 g/mol. The first-order valence-corrected chi connectivity index (χ1v) is 8.32. The summed E-state index contributed by atoms with van der Waals surface area (Å²) in [6, 6.07) is -0.607. The Labute approximate surface area is 126 Å². The number of amides is 1. The van der Waals surface area contributed by atoms with Crippen LogP contribution in [-0.2, 0) is 9.59 Å². The van der Waals surface area contributed by atoms with Crippen LogP contribution in [0.4, 0.5) is 0 Å². The Balaban J connectivity index is 1.94. The summed E-state index contributed by atoms with van der Waals surface area (Å²) in [5.74, 6) is -0.946. The van der Waals surface area contributed by atoms with Crippen molar-refractivity contribution in [2.24, 2.45) is 5.73 Å². The molecule has 1 fully saturated rings. The normalized spacial score (nSPS) is 25.5. The van der Waals surface area contributed by atoms with Crippen molar-refractivity contribution in [3.63, 3.8) is 0 Å². The van der Waals surface area contributed by atoms with E-state index in [0.717, 1.165) is 5.01 Å². The van der Waals surface area contributed by atoms with Gasteiger partial charge in [-0.05, 0) is 6.92 Å². The first kappa shape index (κ1) is 13.9. The van der Waals surface area contributed by atoms with E-state index in [1.165, 1.54) is 39.8 Å². The van der Waals surface area contributed by atoms with Crippen LogP contribution in [0.1, 0.15) is 5.01 Å². The Morgan fingerprint density at radius 1 is 1.55 bits per heavy atom. The van der Waals surface area contributed by atoms with E-state index in [4.69, 9.17) is 5.73 Å². The lowest BCUT2D eigenvalue weighted by atomic mass is 10.1. The summed E-state index contributed by atoms with van der Waals surface area (Å²) in [6.07, 6.45) is 0. The second-order valence-electron chi connectivity index (χ2n) is 4.20. The van der Waals surface area contributed by atoms with Crippen molar-refractivity contribution in [2.75, 3.05) is 5.75 Å². The second kappa shape index (κ2) is 5.02. The molecule has 1 aromatic rings. The fourth-order valence-corrected chi connectivity index (χ4v) is 5.39. The maximum Gasteiger partial charge on any atom is 0.353 e. The van der Waals surface area contributed by atoms with E-state index in [-0.39, 0.29) is 17.0 Å². The number of nitrogens with two attached hydrogens (primary N) is 1. The highest BCUT2D eigenvalue weighted by Gasteiger charge is 2.51. The lowest BCUT2D eigenvalue weighted by Crippen LogP contribution is -2.68. The van der Waals surface area contributed by atoms with Crippen molar-refractivity contribution in [1.29, 1.82) is 0 Å². The average Bonchev–Trinajstić information content (AvgIpc) is 2.82. The minimum absolute atomic E-state index is 0.0262. The maximum absolute atomic E-state index is 11.8. The number of carbonyl (C=O) groups is 2. The average molecular weight is 330 g/mol. The Morgan fingerprint density at radius 2 is 2.30 bits per heavy atom. The number of nitrogens with zero attached hydrogens (tertiary/aromatic N) is 3. The minimum Gasteiger partial charge on any atom is -0.477 e. The molecule has 0 spiro atoms. The van der Waals surface area contributed by atoms with Crippen molar-refractivity contribution in [1.82, 2.24) is 15.1 Å². The SMILES string of the molecule is Cc1nnc(SC2=C(C(=O)O)N3C(=O)C(N)C3SC2)s1. The number of rotatable bonds is 3.